The molecule has 130 valence electrons. The average molecular weight is 356 g/mol. The lowest BCUT2D eigenvalue weighted by Crippen LogP contribution is -2.49. The molecule has 2 aromatic carbocycles. The topological polar surface area (TPSA) is 69.3 Å². The van der Waals surface area contributed by atoms with Crippen LogP contribution in [0.3, 0.4) is 0 Å². The third-order valence-corrected chi connectivity index (χ3v) is 6.48. The summed E-state index contributed by atoms with van der Waals surface area (Å²) in [5.41, 5.74) is 2.93. The van der Waals surface area contributed by atoms with Gasteiger partial charge in [0.1, 0.15) is 0 Å². The van der Waals surface area contributed by atoms with Crippen molar-refractivity contribution in [3.8, 4) is 0 Å². The first-order valence-corrected chi connectivity index (χ1v) is 9.93. The molecule has 0 radical (unpaired) electrons. The van der Waals surface area contributed by atoms with E-state index in [1.54, 1.807) is 4.31 Å². The van der Waals surface area contributed by atoms with Gasteiger partial charge in [0.25, 0.3) is 0 Å². The fourth-order valence-corrected chi connectivity index (χ4v) is 4.83. The number of aromatic amines is 1. The van der Waals surface area contributed by atoms with Gasteiger partial charge in [-0.1, -0.05) is 36.4 Å². The highest BCUT2D eigenvalue weighted by Crippen LogP contribution is 2.26. The number of anilines is 1. The van der Waals surface area contributed by atoms with Crippen LogP contribution in [-0.2, 0) is 15.8 Å². The molecule has 1 aromatic heterocycles. The van der Waals surface area contributed by atoms with Crippen LogP contribution in [0.2, 0.25) is 0 Å². The summed E-state index contributed by atoms with van der Waals surface area (Å²) in [6.45, 7) is 2.36. The normalized spacial score (nSPS) is 16.4. The first-order chi connectivity index (χ1) is 12.1. The van der Waals surface area contributed by atoms with Crippen molar-refractivity contribution in [1.82, 2.24) is 14.5 Å². The molecule has 6 nitrogen and oxygen atoms in total. The zero-order chi connectivity index (χ0) is 17.3. The Kier molecular flexibility index (Phi) is 4.19. The molecule has 1 N–H and O–H groups in total. The molecule has 0 bridgehead atoms. The number of nitrogens with one attached hydrogen (secondary N) is 1. The molecule has 0 saturated carbocycles. The number of hydrogen-bond donors (Lipinski definition) is 1. The fraction of sp³-hybridized carbons (Fsp3) is 0.278. The van der Waals surface area contributed by atoms with E-state index in [1.807, 2.05) is 48.7 Å². The summed E-state index contributed by atoms with van der Waals surface area (Å²) in [4.78, 5) is 2.23. The highest BCUT2D eigenvalue weighted by Gasteiger charge is 2.27. The van der Waals surface area contributed by atoms with Gasteiger partial charge in [0.15, 0.2) is 0 Å². The van der Waals surface area contributed by atoms with Crippen LogP contribution in [0.15, 0.2) is 54.7 Å². The third-order valence-electron chi connectivity index (χ3n) is 4.63. The van der Waals surface area contributed by atoms with Crippen LogP contribution >= 0.6 is 0 Å². The molecule has 0 amide bonds. The molecule has 2 heterocycles. The summed E-state index contributed by atoms with van der Waals surface area (Å²) in [5.74, 6) is 0.0607. The van der Waals surface area contributed by atoms with Crippen LogP contribution in [0, 0.1) is 0 Å². The van der Waals surface area contributed by atoms with Crippen molar-refractivity contribution in [2.24, 2.45) is 0 Å². The van der Waals surface area contributed by atoms with Crippen molar-refractivity contribution >= 4 is 26.6 Å². The minimum atomic E-state index is -3.29. The highest BCUT2D eigenvalue weighted by molar-refractivity contribution is 7.88. The minimum Gasteiger partial charge on any atom is -0.368 e. The van der Waals surface area contributed by atoms with E-state index in [9.17, 15) is 8.42 Å². The summed E-state index contributed by atoms with van der Waals surface area (Å²) in [6.07, 6.45) is 1.82. The quantitative estimate of drug-likeness (QED) is 0.778. The maximum absolute atomic E-state index is 12.7. The predicted molar refractivity (Wildman–Crippen MR) is 98.9 cm³/mol. The van der Waals surface area contributed by atoms with Gasteiger partial charge in [-0.15, -0.1) is 0 Å². The molecule has 1 aliphatic heterocycles. The average Bonchev–Trinajstić information content (AvgIpc) is 3.11. The summed E-state index contributed by atoms with van der Waals surface area (Å²) in [7, 11) is -3.29. The van der Waals surface area contributed by atoms with Gasteiger partial charge < -0.3 is 4.90 Å². The Morgan fingerprint density at radius 1 is 0.960 bits per heavy atom. The largest absolute Gasteiger partial charge is 0.368 e. The van der Waals surface area contributed by atoms with E-state index in [2.05, 4.69) is 21.2 Å². The number of aromatic nitrogens is 2. The molecular formula is C18H20N4O2S. The molecule has 0 spiro atoms. The van der Waals surface area contributed by atoms with Crippen LogP contribution in [0.4, 0.5) is 5.69 Å². The van der Waals surface area contributed by atoms with Gasteiger partial charge in [-0.3, -0.25) is 5.10 Å². The van der Waals surface area contributed by atoms with Gasteiger partial charge in [-0.05, 0) is 17.7 Å². The molecule has 25 heavy (non-hydrogen) atoms. The van der Waals surface area contributed by atoms with Crippen molar-refractivity contribution in [2.45, 2.75) is 5.75 Å². The number of fused-ring (bicyclic) bond motifs is 1. The number of rotatable bonds is 4. The van der Waals surface area contributed by atoms with Crippen molar-refractivity contribution < 1.29 is 8.42 Å². The molecule has 1 saturated heterocycles. The van der Waals surface area contributed by atoms with Gasteiger partial charge in [0.05, 0.1) is 17.5 Å². The molecule has 0 aliphatic carbocycles. The van der Waals surface area contributed by atoms with E-state index >= 15 is 0 Å². The van der Waals surface area contributed by atoms with Crippen LogP contribution < -0.4 is 4.90 Å². The molecule has 0 unspecified atom stereocenters. The Morgan fingerprint density at radius 3 is 2.48 bits per heavy atom. The summed E-state index contributed by atoms with van der Waals surface area (Å²) >= 11 is 0. The number of H-pyrrole nitrogens is 1. The van der Waals surface area contributed by atoms with E-state index < -0.39 is 10.0 Å². The Bertz CT molecular complexity index is 961. The lowest BCUT2D eigenvalue weighted by Gasteiger charge is -2.35. The molecule has 1 fully saturated rings. The molecular weight excluding hydrogens is 336 g/mol. The van der Waals surface area contributed by atoms with E-state index in [-0.39, 0.29) is 5.75 Å². The molecule has 1 aliphatic rings. The SMILES string of the molecule is O=S(=O)(Cc1ccccc1)N1CCN(c2cccc3[nH]ncc23)CC1. The predicted octanol–water partition coefficient (Wildman–Crippen LogP) is 2.21. The van der Waals surface area contributed by atoms with Crippen molar-refractivity contribution in [2.75, 3.05) is 31.1 Å². The standard InChI is InChI=1S/C18H20N4O2S/c23-25(24,14-15-5-2-1-3-6-15)22-11-9-21(10-12-22)18-8-4-7-17-16(18)13-19-20-17/h1-8,13H,9-12,14H2,(H,19,20). The van der Waals surface area contributed by atoms with E-state index in [4.69, 9.17) is 0 Å². The smallest absolute Gasteiger partial charge is 0.218 e. The highest BCUT2D eigenvalue weighted by atomic mass is 32.2. The van der Waals surface area contributed by atoms with Crippen LogP contribution in [0.5, 0.6) is 0 Å². The Balaban J connectivity index is 1.47. The fourth-order valence-electron chi connectivity index (χ4n) is 3.31. The third kappa shape index (κ3) is 3.25. The number of sulfonamides is 1. The lowest BCUT2D eigenvalue weighted by molar-refractivity contribution is 0.384. The molecule has 0 atom stereocenters. The maximum Gasteiger partial charge on any atom is 0.218 e. The number of benzene rings is 2. The summed E-state index contributed by atoms with van der Waals surface area (Å²) < 4.78 is 26.9. The first-order valence-electron chi connectivity index (χ1n) is 8.32. The second-order valence-corrected chi connectivity index (χ2v) is 8.21. The first kappa shape index (κ1) is 16.1. The lowest BCUT2D eigenvalue weighted by atomic mass is 10.2. The second-order valence-electron chi connectivity index (χ2n) is 6.24. The summed E-state index contributed by atoms with van der Waals surface area (Å²) in [6, 6.07) is 15.4. The number of hydrogen-bond acceptors (Lipinski definition) is 4. The monoisotopic (exact) mass is 356 g/mol. The van der Waals surface area contributed by atoms with Gasteiger partial charge in [0, 0.05) is 37.3 Å². The zero-order valence-corrected chi connectivity index (χ0v) is 14.6. The van der Waals surface area contributed by atoms with Gasteiger partial charge >= 0.3 is 0 Å². The van der Waals surface area contributed by atoms with Gasteiger partial charge in [-0.2, -0.15) is 9.40 Å². The van der Waals surface area contributed by atoms with Crippen LogP contribution in [0.1, 0.15) is 5.56 Å². The summed E-state index contributed by atoms with van der Waals surface area (Å²) in [5, 5.41) is 8.15. The van der Waals surface area contributed by atoms with E-state index in [1.165, 1.54) is 0 Å². The van der Waals surface area contributed by atoms with Crippen LogP contribution in [-0.4, -0.2) is 49.1 Å². The number of piperazine rings is 1. The van der Waals surface area contributed by atoms with Gasteiger partial charge in [0.2, 0.25) is 10.0 Å². The molecule has 7 heteroatoms. The van der Waals surface area contributed by atoms with Crippen molar-refractivity contribution in [3.63, 3.8) is 0 Å². The van der Waals surface area contributed by atoms with Crippen molar-refractivity contribution in [3.05, 3.63) is 60.3 Å². The number of nitrogens with zero attached hydrogens (tertiary/aromatic N) is 3. The van der Waals surface area contributed by atoms with Crippen molar-refractivity contribution in [1.29, 1.82) is 0 Å². The molecule has 3 aromatic rings. The zero-order valence-electron chi connectivity index (χ0n) is 13.8. The van der Waals surface area contributed by atoms with E-state index in [0.717, 1.165) is 22.2 Å². The van der Waals surface area contributed by atoms with E-state index in [0.29, 0.717) is 26.2 Å². The van der Waals surface area contributed by atoms with Gasteiger partial charge in [-0.25, -0.2) is 8.42 Å². The van der Waals surface area contributed by atoms with Crippen LogP contribution in [0.25, 0.3) is 10.9 Å². The second kappa shape index (κ2) is 6.50. The molecule has 4 rings (SSSR count). The Morgan fingerprint density at radius 2 is 1.72 bits per heavy atom. The Hall–Kier alpha value is -2.38. The minimum absolute atomic E-state index is 0.0607. The maximum atomic E-state index is 12.7. The Labute approximate surface area is 147 Å².